The highest BCUT2D eigenvalue weighted by Crippen LogP contribution is 2.37. The number of hydrogen-bond acceptors (Lipinski definition) is 35. The zero-order valence-corrected chi connectivity index (χ0v) is 41.3. The van der Waals surface area contributed by atoms with Crippen molar-refractivity contribution in [1.82, 2.24) is 0 Å². The van der Waals surface area contributed by atoms with Crippen LogP contribution in [0.1, 0.15) is 0 Å². The van der Waals surface area contributed by atoms with E-state index in [0.717, 1.165) is 0 Å². The van der Waals surface area contributed by atoms with Gasteiger partial charge in [0.1, 0.15) is 165 Å². The summed E-state index contributed by atoms with van der Waals surface area (Å²) in [4.78, 5) is 2.63. The van der Waals surface area contributed by atoms with E-state index in [0.29, 0.717) is 0 Å². The number of aliphatic hydroxyl groups excluding tert-OH is 21. The van der Waals surface area contributed by atoms with Gasteiger partial charge >= 0.3 is 0 Å². The van der Waals surface area contributed by atoms with Gasteiger partial charge in [-0.3, -0.25) is 0 Å². The summed E-state index contributed by atoms with van der Waals surface area (Å²) in [6.07, 6.45) is -64.0. The summed E-state index contributed by atoms with van der Waals surface area (Å²) in [6.45, 7) is -6.73. The van der Waals surface area contributed by atoms with E-state index in [4.69, 9.17) is 67.1 Å². The Hall–Kier alpha value is -2.05. The monoisotopic (exact) mass is 1160 g/mol. The Kier molecular flexibility index (Phi) is 23.0. The Labute approximate surface area is 445 Å². The Morgan fingerprint density at radius 3 is 0.861 bits per heavy atom. The van der Waals surface area contributed by atoms with Crippen molar-refractivity contribution in [3.8, 4) is 0 Å². The second-order valence-corrected chi connectivity index (χ2v) is 19.7. The molecule has 0 amide bonds. The molecular weight excluding hydrogens is 1090 g/mol. The Bertz CT molecular complexity index is 1910. The van der Waals surface area contributed by atoms with Crippen LogP contribution >= 0.6 is 0 Å². The summed E-state index contributed by atoms with van der Waals surface area (Å²) in [6, 6.07) is 0. The highest BCUT2D eigenvalue weighted by Gasteiger charge is 2.58. The SMILES string of the molecule is [N-]=[N+]=NCC1OC(OC2C(CO)OCC(O)C2O)C(O)C(O)C1OC1OC(CO)C(OC2OC(CO)C(OC3OC(CO)C(OC4OC(CO)C(OC5OC(CO)C(O)C(O)C5O)C(O)C4O)C(O)C3O)C(O)C2O)C(O)C1O. The van der Waals surface area contributed by atoms with Crippen LogP contribution < -0.4 is 0 Å². The van der Waals surface area contributed by atoms with E-state index in [1.807, 2.05) is 0 Å². The Morgan fingerprint density at radius 1 is 0.316 bits per heavy atom. The van der Waals surface area contributed by atoms with E-state index in [-0.39, 0.29) is 6.61 Å². The third-order valence-electron chi connectivity index (χ3n) is 14.6. The highest BCUT2D eigenvalue weighted by atomic mass is 16.8. The minimum Gasteiger partial charge on any atom is -0.394 e. The molecule has 0 radical (unpaired) electrons. The molecule has 0 aromatic rings. The molecule has 0 spiro atoms. The fourth-order valence-corrected chi connectivity index (χ4v) is 10.1. The second kappa shape index (κ2) is 28.2. The predicted molar refractivity (Wildman–Crippen MR) is 238 cm³/mol. The standard InChI is InChI=1S/C42H71N3O34/c43-45-44-1-10-31(20(56)26(62)38(68-10)75-32-12(3-47)67-8-9(52)17(32)53)74-39-27(63)21(57)34(14(5-49)70-39)77-41-29(65)23(59)36(16(7-51)72-41)79-42-30(66)24(60)35(15(6-50)73-42)78-40-28(64)22(58)33(13(4-48)71-40)76-37-25(61)19(55)18(54)11(2-46)69-37/h9-42,46-66H,1-8H2. The molecule has 34 atom stereocenters. The Balaban J connectivity index is 0.960. The summed E-state index contributed by atoms with van der Waals surface area (Å²) in [7, 11) is 0. The van der Waals surface area contributed by atoms with E-state index in [1.54, 1.807) is 0 Å². The van der Waals surface area contributed by atoms with Crippen LogP contribution in [0.5, 0.6) is 0 Å². The highest BCUT2D eigenvalue weighted by molar-refractivity contribution is 5.01. The van der Waals surface area contributed by atoms with Gasteiger partial charge in [-0.2, -0.15) is 0 Å². The largest absolute Gasteiger partial charge is 0.394 e. The first-order chi connectivity index (χ1) is 37.6. The molecule has 21 N–H and O–H groups in total. The van der Waals surface area contributed by atoms with Gasteiger partial charge in [0.15, 0.2) is 37.7 Å². The first-order valence-electron chi connectivity index (χ1n) is 24.9. The molecule has 7 rings (SSSR count). The van der Waals surface area contributed by atoms with Crippen molar-refractivity contribution in [2.24, 2.45) is 5.11 Å². The van der Waals surface area contributed by atoms with Crippen molar-refractivity contribution >= 4 is 0 Å². The smallest absolute Gasteiger partial charge is 0.187 e. The number of rotatable bonds is 20. The van der Waals surface area contributed by atoms with Crippen LogP contribution in [-0.4, -0.2) is 369 Å². The van der Waals surface area contributed by atoms with E-state index in [2.05, 4.69) is 10.0 Å². The van der Waals surface area contributed by atoms with Gasteiger partial charge in [0, 0.05) is 4.91 Å². The van der Waals surface area contributed by atoms with Crippen LogP contribution in [-0.2, 0) is 61.6 Å². The van der Waals surface area contributed by atoms with Gasteiger partial charge in [-0.15, -0.1) is 0 Å². The lowest BCUT2D eigenvalue weighted by Crippen LogP contribution is -2.68. The lowest BCUT2D eigenvalue weighted by atomic mass is 9.95. The molecule has 7 saturated heterocycles. The first kappa shape index (κ1) is 64.5. The molecule has 79 heavy (non-hydrogen) atoms. The first-order valence-corrected chi connectivity index (χ1v) is 24.9. The van der Waals surface area contributed by atoms with Crippen LogP contribution in [0.25, 0.3) is 10.4 Å². The van der Waals surface area contributed by atoms with Crippen LogP contribution in [0.4, 0.5) is 0 Å². The zero-order chi connectivity index (χ0) is 57.9. The maximum atomic E-state index is 11.3. The van der Waals surface area contributed by atoms with Crippen molar-refractivity contribution in [2.45, 2.75) is 209 Å². The van der Waals surface area contributed by atoms with Crippen molar-refractivity contribution in [1.29, 1.82) is 0 Å². The molecule has 0 aliphatic carbocycles. The second-order valence-electron chi connectivity index (χ2n) is 19.7. The predicted octanol–water partition coefficient (Wildman–Crippen LogP) is -14.3. The van der Waals surface area contributed by atoms with Gasteiger partial charge in [0.05, 0.1) is 58.9 Å². The van der Waals surface area contributed by atoms with Gasteiger partial charge in [0.2, 0.25) is 0 Å². The summed E-state index contributed by atoms with van der Waals surface area (Å²) < 4.78 is 72.7. The molecule has 7 aliphatic rings. The molecule has 7 aliphatic heterocycles. The van der Waals surface area contributed by atoms with Crippen LogP contribution in [0.15, 0.2) is 5.11 Å². The molecular formula is C42H71N3O34. The molecule has 0 aromatic heterocycles. The Morgan fingerprint density at radius 2 is 0.570 bits per heavy atom. The average Bonchev–Trinajstić information content (AvgIpc) is 3.52. The maximum absolute atomic E-state index is 11.3. The number of azide groups is 1. The molecule has 0 aromatic carbocycles. The van der Waals surface area contributed by atoms with Gasteiger partial charge in [0.25, 0.3) is 0 Å². The molecule has 7 heterocycles. The number of ether oxygens (including phenoxy) is 13. The van der Waals surface area contributed by atoms with E-state index >= 15 is 0 Å². The van der Waals surface area contributed by atoms with Gasteiger partial charge in [-0.1, -0.05) is 5.11 Å². The number of nitrogens with zero attached hydrogens (tertiary/aromatic N) is 3. The van der Waals surface area contributed by atoms with Crippen molar-refractivity contribution in [3.63, 3.8) is 0 Å². The van der Waals surface area contributed by atoms with Crippen molar-refractivity contribution in [3.05, 3.63) is 10.4 Å². The summed E-state index contributed by atoms with van der Waals surface area (Å²) >= 11 is 0. The lowest BCUT2D eigenvalue weighted by Gasteiger charge is -2.50. The normalized spacial score (nSPS) is 51.9. The zero-order valence-electron chi connectivity index (χ0n) is 41.3. The van der Waals surface area contributed by atoms with Crippen molar-refractivity contribution < 1.29 is 169 Å². The van der Waals surface area contributed by atoms with E-state index in [1.165, 1.54) is 0 Å². The molecule has 0 saturated carbocycles. The summed E-state index contributed by atoms with van der Waals surface area (Å²) in [5.74, 6) is 0. The van der Waals surface area contributed by atoms with Crippen LogP contribution in [0, 0.1) is 0 Å². The average molecular weight is 1160 g/mol. The maximum Gasteiger partial charge on any atom is 0.187 e. The van der Waals surface area contributed by atoms with Gasteiger partial charge in [-0.05, 0) is 5.53 Å². The minimum absolute atomic E-state index is 0.382. The third-order valence-corrected chi connectivity index (χ3v) is 14.6. The fourth-order valence-electron chi connectivity index (χ4n) is 10.1. The molecule has 37 nitrogen and oxygen atoms in total. The van der Waals surface area contributed by atoms with Gasteiger partial charge in [-0.25, -0.2) is 0 Å². The molecule has 458 valence electrons. The lowest BCUT2D eigenvalue weighted by molar-refractivity contribution is -0.396. The van der Waals surface area contributed by atoms with E-state index < -0.39 is 255 Å². The van der Waals surface area contributed by atoms with Crippen molar-refractivity contribution in [2.75, 3.05) is 52.8 Å². The minimum atomic E-state index is -2.23. The molecule has 7 fully saturated rings. The summed E-state index contributed by atoms with van der Waals surface area (Å²) in [5, 5.41) is 227. The fraction of sp³-hybridized carbons (Fsp3) is 1.00. The molecule has 34 unspecified atom stereocenters. The van der Waals surface area contributed by atoms with Gasteiger partial charge < -0.3 is 169 Å². The number of hydrogen-bond donors (Lipinski definition) is 21. The number of aliphatic hydroxyl groups is 21. The summed E-state index contributed by atoms with van der Waals surface area (Å²) in [5.41, 5.74) is 9.05. The van der Waals surface area contributed by atoms with E-state index in [9.17, 15) is 107 Å². The quantitative estimate of drug-likeness (QED) is 0.0306. The topological polar surface area (TPSA) is 594 Å². The molecule has 37 heteroatoms. The van der Waals surface area contributed by atoms with Crippen LogP contribution in [0.3, 0.4) is 0 Å². The molecule has 0 bridgehead atoms. The van der Waals surface area contributed by atoms with Crippen LogP contribution in [0.2, 0.25) is 0 Å². The third kappa shape index (κ3) is 13.6.